The predicted octanol–water partition coefficient (Wildman–Crippen LogP) is 2.54. The highest BCUT2D eigenvalue weighted by Gasteiger charge is 2.38. The minimum atomic E-state index is -0.539. The second kappa shape index (κ2) is 7.46. The summed E-state index contributed by atoms with van der Waals surface area (Å²) in [6.45, 7) is 0.376. The fourth-order valence-corrected chi connectivity index (χ4v) is 3.81. The standard InChI is InChI=1S/C21H20N4O4/c26-19(22-13-21(9-4-10-21)15-5-2-1-3-6-15)12-24-14-23-18-11-16(25(28)29)7-8-17(18)20(24)27/h1-3,5-8,11,14H,4,9-10,12-13H2,(H,22,26). The first-order valence-corrected chi connectivity index (χ1v) is 9.44. The van der Waals surface area contributed by atoms with E-state index in [1.807, 2.05) is 18.2 Å². The van der Waals surface area contributed by atoms with Crippen LogP contribution in [0.1, 0.15) is 24.8 Å². The summed E-state index contributed by atoms with van der Waals surface area (Å²) in [5.74, 6) is -0.266. The molecule has 148 valence electrons. The lowest BCUT2D eigenvalue weighted by Gasteiger charge is -2.42. The van der Waals surface area contributed by atoms with Gasteiger partial charge in [-0.15, -0.1) is 0 Å². The summed E-state index contributed by atoms with van der Waals surface area (Å²) < 4.78 is 1.22. The molecule has 1 aliphatic rings. The van der Waals surface area contributed by atoms with Gasteiger partial charge in [0.15, 0.2) is 0 Å². The fourth-order valence-electron chi connectivity index (χ4n) is 3.81. The molecule has 0 aliphatic heterocycles. The van der Waals surface area contributed by atoms with Gasteiger partial charge in [-0.2, -0.15) is 0 Å². The number of benzene rings is 2. The van der Waals surface area contributed by atoms with Crippen LogP contribution in [0.15, 0.2) is 59.7 Å². The van der Waals surface area contributed by atoms with Gasteiger partial charge in [0, 0.05) is 24.1 Å². The maximum absolute atomic E-state index is 12.6. The lowest BCUT2D eigenvalue weighted by molar-refractivity contribution is -0.384. The van der Waals surface area contributed by atoms with Gasteiger partial charge < -0.3 is 5.32 Å². The Morgan fingerprint density at radius 3 is 2.62 bits per heavy atom. The van der Waals surface area contributed by atoms with E-state index in [0.29, 0.717) is 6.54 Å². The van der Waals surface area contributed by atoms with E-state index < -0.39 is 10.5 Å². The fraction of sp³-hybridized carbons (Fsp3) is 0.286. The van der Waals surface area contributed by atoms with E-state index >= 15 is 0 Å². The average Bonchev–Trinajstić information content (AvgIpc) is 2.70. The van der Waals surface area contributed by atoms with Gasteiger partial charge in [-0.05, 0) is 24.5 Å². The number of hydrogen-bond donors (Lipinski definition) is 1. The molecule has 1 saturated carbocycles. The van der Waals surface area contributed by atoms with Crippen molar-refractivity contribution in [1.82, 2.24) is 14.9 Å². The normalized spacial score (nSPS) is 14.9. The van der Waals surface area contributed by atoms with E-state index in [9.17, 15) is 19.7 Å². The van der Waals surface area contributed by atoms with E-state index in [0.717, 1.165) is 19.3 Å². The Morgan fingerprint density at radius 1 is 1.21 bits per heavy atom. The molecule has 8 heteroatoms. The highest BCUT2D eigenvalue weighted by molar-refractivity contribution is 5.80. The van der Waals surface area contributed by atoms with Crippen LogP contribution in [0.25, 0.3) is 10.9 Å². The number of aromatic nitrogens is 2. The number of carbonyl (C=O) groups is 1. The minimum Gasteiger partial charge on any atom is -0.354 e. The van der Waals surface area contributed by atoms with Crippen molar-refractivity contribution in [3.8, 4) is 0 Å². The SMILES string of the molecule is O=C(Cn1cnc2cc([N+](=O)[O-])ccc2c1=O)NCC1(c2ccccc2)CCC1. The quantitative estimate of drug-likeness (QED) is 0.512. The summed E-state index contributed by atoms with van der Waals surface area (Å²) in [6.07, 6.45) is 4.43. The van der Waals surface area contributed by atoms with Crippen molar-refractivity contribution in [2.45, 2.75) is 31.2 Å². The maximum Gasteiger partial charge on any atom is 0.271 e. The molecular formula is C21H20N4O4. The second-order valence-electron chi connectivity index (χ2n) is 7.41. The predicted molar refractivity (Wildman–Crippen MR) is 108 cm³/mol. The van der Waals surface area contributed by atoms with Crippen LogP contribution in [0.4, 0.5) is 5.69 Å². The van der Waals surface area contributed by atoms with Crippen molar-refractivity contribution >= 4 is 22.5 Å². The Kier molecular flexibility index (Phi) is 4.84. The molecule has 3 aromatic rings. The highest BCUT2D eigenvalue weighted by atomic mass is 16.6. The Morgan fingerprint density at radius 2 is 1.97 bits per heavy atom. The molecular weight excluding hydrogens is 372 g/mol. The summed E-state index contributed by atoms with van der Waals surface area (Å²) in [5, 5.41) is 14.1. The van der Waals surface area contributed by atoms with Gasteiger partial charge in [0.1, 0.15) is 6.54 Å². The van der Waals surface area contributed by atoms with Gasteiger partial charge in [0.05, 0.1) is 22.2 Å². The molecule has 0 unspecified atom stereocenters. The summed E-state index contributed by atoms with van der Waals surface area (Å²) in [7, 11) is 0. The van der Waals surface area contributed by atoms with Crippen LogP contribution < -0.4 is 10.9 Å². The van der Waals surface area contributed by atoms with E-state index in [2.05, 4.69) is 22.4 Å². The van der Waals surface area contributed by atoms with Gasteiger partial charge in [0.25, 0.3) is 11.2 Å². The number of nitrogens with one attached hydrogen (secondary N) is 1. The summed E-state index contributed by atoms with van der Waals surface area (Å²) >= 11 is 0. The van der Waals surface area contributed by atoms with Crippen molar-refractivity contribution in [2.24, 2.45) is 0 Å². The van der Waals surface area contributed by atoms with Crippen LogP contribution in [-0.2, 0) is 16.8 Å². The van der Waals surface area contributed by atoms with Gasteiger partial charge >= 0.3 is 0 Å². The third-order valence-corrected chi connectivity index (χ3v) is 5.65. The number of amides is 1. The van der Waals surface area contributed by atoms with Gasteiger partial charge in [-0.3, -0.25) is 24.3 Å². The van der Waals surface area contributed by atoms with Crippen molar-refractivity contribution in [2.75, 3.05) is 6.54 Å². The minimum absolute atomic E-state index is 0.0392. The zero-order valence-electron chi connectivity index (χ0n) is 15.7. The number of non-ortho nitro benzene ring substituents is 1. The molecule has 0 spiro atoms. The number of carbonyl (C=O) groups excluding carboxylic acids is 1. The molecule has 0 atom stereocenters. The molecule has 29 heavy (non-hydrogen) atoms. The molecule has 1 aromatic heterocycles. The van der Waals surface area contributed by atoms with E-state index in [4.69, 9.17) is 0 Å². The third kappa shape index (κ3) is 3.61. The largest absolute Gasteiger partial charge is 0.354 e. The Bertz CT molecular complexity index is 1140. The maximum atomic E-state index is 12.6. The zero-order chi connectivity index (χ0) is 20.4. The first kappa shape index (κ1) is 18.8. The molecule has 1 aliphatic carbocycles. The van der Waals surface area contributed by atoms with Gasteiger partial charge in [0.2, 0.25) is 5.91 Å². The van der Waals surface area contributed by atoms with Gasteiger partial charge in [-0.25, -0.2) is 4.98 Å². The lowest BCUT2D eigenvalue weighted by atomic mass is 9.64. The molecule has 1 amide bonds. The number of nitro benzene ring substituents is 1. The molecule has 0 radical (unpaired) electrons. The van der Waals surface area contributed by atoms with Crippen LogP contribution in [0.3, 0.4) is 0 Å². The number of rotatable bonds is 6. The molecule has 4 rings (SSSR count). The highest BCUT2D eigenvalue weighted by Crippen LogP contribution is 2.43. The van der Waals surface area contributed by atoms with E-state index in [1.165, 1.54) is 34.7 Å². The molecule has 1 fully saturated rings. The van der Waals surface area contributed by atoms with Gasteiger partial charge in [-0.1, -0.05) is 36.8 Å². The van der Waals surface area contributed by atoms with Crippen LogP contribution in [0.2, 0.25) is 0 Å². The first-order chi connectivity index (χ1) is 14.0. The Balaban J connectivity index is 1.48. The summed E-state index contributed by atoms with van der Waals surface area (Å²) in [6, 6.07) is 14.0. The molecule has 0 bridgehead atoms. The average molecular weight is 392 g/mol. The number of hydrogen-bond acceptors (Lipinski definition) is 5. The smallest absolute Gasteiger partial charge is 0.271 e. The monoisotopic (exact) mass is 392 g/mol. The third-order valence-electron chi connectivity index (χ3n) is 5.65. The van der Waals surface area contributed by atoms with Crippen molar-refractivity contribution in [3.05, 3.63) is 80.9 Å². The van der Waals surface area contributed by atoms with E-state index in [-0.39, 0.29) is 34.5 Å². The molecule has 2 aromatic carbocycles. The zero-order valence-corrected chi connectivity index (χ0v) is 15.7. The second-order valence-corrected chi connectivity index (χ2v) is 7.41. The van der Waals surface area contributed by atoms with Crippen molar-refractivity contribution in [1.29, 1.82) is 0 Å². The van der Waals surface area contributed by atoms with Crippen LogP contribution in [0, 0.1) is 10.1 Å². The van der Waals surface area contributed by atoms with Crippen LogP contribution in [0.5, 0.6) is 0 Å². The van der Waals surface area contributed by atoms with Crippen molar-refractivity contribution < 1.29 is 9.72 Å². The summed E-state index contributed by atoms with van der Waals surface area (Å²) in [5.41, 5.74) is 0.881. The molecule has 1 N–H and O–H groups in total. The number of nitro groups is 1. The Labute approximate surface area is 166 Å². The first-order valence-electron chi connectivity index (χ1n) is 9.44. The van der Waals surface area contributed by atoms with Crippen molar-refractivity contribution in [3.63, 3.8) is 0 Å². The number of nitrogens with zero attached hydrogens (tertiary/aromatic N) is 3. The molecule has 8 nitrogen and oxygen atoms in total. The van der Waals surface area contributed by atoms with E-state index in [1.54, 1.807) is 0 Å². The Hall–Kier alpha value is -3.55. The lowest BCUT2D eigenvalue weighted by Crippen LogP contribution is -2.46. The summed E-state index contributed by atoms with van der Waals surface area (Å²) in [4.78, 5) is 39.5. The molecule has 1 heterocycles. The molecule has 0 saturated heterocycles. The number of fused-ring (bicyclic) bond motifs is 1. The van der Waals surface area contributed by atoms with Crippen LogP contribution >= 0.6 is 0 Å². The topological polar surface area (TPSA) is 107 Å². The van der Waals surface area contributed by atoms with Crippen LogP contribution in [-0.4, -0.2) is 26.9 Å².